The zero-order valence-electron chi connectivity index (χ0n) is 9.41. The van der Waals surface area contributed by atoms with Crippen molar-refractivity contribution in [3.8, 4) is 0 Å². The summed E-state index contributed by atoms with van der Waals surface area (Å²) in [5.41, 5.74) is 0.811. The van der Waals surface area contributed by atoms with E-state index in [9.17, 15) is 14.0 Å². The molecule has 0 bridgehead atoms. The summed E-state index contributed by atoms with van der Waals surface area (Å²) >= 11 is 4.46. The molecule has 0 aliphatic carbocycles. The first-order chi connectivity index (χ1) is 8.56. The smallest absolute Gasteiger partial charge is 0.233 e. The first-order valence-corrected chi connectivity index (χ1v) is 7.25. The van der Waals surface area contributed by atoms with Crippen LogP contribution < -0.4 is 5.32 Å². The number of thioether (sulfide) groups is 1. The monoisotopic (exact) mass is 331 g/mol. The van der Waals surface area contributed by atoms with Crippen LogP contribution in [0, 0.1) is 5.82 Å². The van der Waals surface area contributed by atoms with Crippen LogP contribution in [0.4, 0.5) is 4.39 Å². The SMILES string of the molecule is O=C1CSC(C(=O)NCc2ccc(F)c(Br)c2)C1. The minimum atomic E-state index is -0.331. The van der Waals surface area contributed by atoms with Crippen LogP contribution >= 0.6 is 27.7 Å². The fourth-order valence-corrected chi connectivity index (χ4v) is 3.11. The minimum absolute atomic E-state index is 0.115. The minimum Gasteiger partial charge on any atom is -0.351 e. The summed E-state index contributed by atoms with van der Waals surface area (Å²) in [5, 5.41) is 2.48. The van der Waals surface area contributed by atoms with Crippen molar-refractivity contribution in [3.05, 3.63) is 34.1 Å². The number of carbonyl (C=O) groups excluding carboxylic acids is 2. The Kier molecular flexibility index (Phi) is 4.40. The maximum atomic E-state index is 13.0. The van der Waals surface area contributed by atoms with Crippen LogP contribution in [0.15, 0.2) is 22.7 Å². The highest BCUT2D eigenvalue weighted by molar-refractivity contribution is 9.10. The van der Waals surface area contributed by atoms with Crippen molar-refractivity contribution in [2.45, 2.75) is 18.2 Å². The summed E-state index contributed by atoms with van der Waals surface area (Å²) in [6.07, 6.45) is 0.309. The molecule has 1 fully saturated rings. The number of nitrogens with one attached hydrogen (secondary N) is 1. The molecule has 0 saturated carbocycles. The van der Waals surface area contributed by atoms with E-state index in [0.29, 0.717) is 23.2 Å². The van der Waals surface area contributed by atoms with Crippen LogP contribution in [0.5, 0.6) is 0 Å². The Balaban J connectivity index is 1.89. The van der Waals surface area contributed by atoms with Gasteiger partial charge in [-0.15, -0.1) is 11.8 Å². The number of benzene rings is 1. The summed E-state index contributed by atoms with van der Waals surface area (Å²) in [6, 6.07) is 4.59. The predicted octanol–water partition coefficient (Wildman–Crippen LogP) is 2.28. The average molecular weight is 332 g/mol. The van der Waals surface area contributed by atoms with Gasteiger partial charge in [0.25, 0.3) is 0 Å². The molecule has 1 aliphatic heterocycles. The molecule has 1 aliphatic rings. The molecule has 3 nitrogen and oxygen atoms in total. The third-order valence-electron chi connectivity index (χ3n) is 2.60. The number of hydrogen-bond acceptors (Lipinski definition) is 3. The standard InChI is InChI=1S/C12H11BrFNO2S/c13-9-3-7(1-2-10(9)14)5-15-12(17)11-4-8(16)6-18-11/h1-3,11H,4-6H2,(H,15,17). The second kappa shape index (κ2) is 5.84. The second-order valence-electron chi connectivity index (χ2n) is 4.01. The van der Waals surface area contributed by atoms with E-state index < -0.39 is 0 Å². The number of halogens is 2. The van der Waals surface area contributed by atoms with Crippen molar-refractivity contribution in [1.82, 2.24) is 5.32 Å². The Morgan fingerprint density at radius 3 is 2.94 bits per heavy atom. The molecule has 0 radical (unpaired) electrons. The highest BCUT2D eigenvalue weighted by Gasteiger charge is 2.28. The van der Waals surface area contributed by atoms with Gasteiger partial charge in [-0.2, -0.15) is 0 Å². The van der Waals surface area contributed by atoms with Crippen molar-refractivity contribution in [2.75, 3.05) is 5.75 Å². The number of amides is 1. The van der Waals surface area contributed by atoms with Gasteiger partial charge in [0.2, 0.25) is 5.91 Å². The van der Waals surface area contributed by atoms with E-state index in [1.54, 1.807) is 12.1 Å². The number of carbonyl (C=O) groups is 2. The summed E-state index contributed by atoms with van der Waals surface area (Å²) < 4.78 is 13.4. The van der Waals surface area contributed by atoms with E-state index in [-0.39, 0.29) is 22.8 Å². The lowest BCUT2D eigenvalue weighted by atomic mass is 10.2. The van der Waals surface area contributed by atoms with E-state index in [1.807, 2.05) is 0 Å². The van der Waals surface area contributed by atoms with Gasteiger partial charge >= 0.3 is 0 Å². The zero-order valence-corrected chi connectivity index (χ0v) is 11.8. The van der Waals surface area contributed by atoms with Gasteiger partial charge in [0, 0.05) is 13.0 Å². The molecule has 2 rings (SSSR count). The van der Waals surface area contributed by atoms with E-state index in [4.69, 9.17) is 0 Å². The van der Waals surface area contributed by atoms with Gasteiger partial charge in [0.15, 0.2) is 0 Å². The average Bonchev–Trinajstić information content (AvgIpc) is 2.77. The van der Waals surface area contributed by atoms with Gasteiger partial charge in [-0.25, -0.2) is 4.39 Å². The van der Waals surface area contributed by atoms with Crippen LogP contribution in [-0.2, 0) is 16.1 Å². The van der Waals surface area contributed by atoms with Gasteiger partial charge < -0.3 is 5.32 Å². The Morgan fingerprint density at radius 2 is 2.33 bits per heavy atom. The van der Waals surface area contributed by atoms with Gasteiger partial charge in [-0.3, -0.25) is 9.59 Å². The maximum Gasteiger partial charge on any atom is 0.233 e. The van der Waals surface area contributed by atoms with Crippen LogP contribution in [0.2, 0.25) is 0 Å². The third-order valence-corrected chi connectivity index (χ3v) is 4.48. The van der Waals surface area contributed by atoms with E-state index in [1.165, 1.54) is 17.8 Å². The molecule has 0 aromatic heterocycles. The molecule has 1 atom stereocenters. The number of rotatable bonds is 3. The van der Waals surface area contributed by atoms with Crippen molar-refractivity contribution in [1.29, 1.82) is 0 Å². The molecule has 1 heterocycles. The highest BCUT2D eigenvalue weighted by atomic mass is 79.9. The molecule has 1 aromatic carbocycles. The number of ketones is 1. The summed E-state index contributed by atoms with van der Waals surface area (Å²) in [5.74, 6) is 0.0678. The molecule has 18 heavy (non-hydrogen) atoms. The second-order valence-corrected chi connectivity index (χ2v) is 6.05. The molecule has 1 unspecified atom stereocenters. The first-order valence-electron chi connectivity index (χ1n) is 5.41. The van der Waals surface area contributed by atoms with Crippen molar-refractivity contribution >= 4 is 39.4 Å². The predicted molar refractivity (Wildman–Crippen MR) is 71.8 cm³/mol. The normalized spacial score (nSPS) is 19.0. The summed E-state index contributed by atoms with van der Waals surface area (Å²) in [7, 11) is 0. The molecule has 1 amide bonds. The Bertz CT molecular complexity index is 495. The van der Waals surface area contributed by atoms with Crippen LogP contribution in [0.3, 0.4) is 0 Å². The Morgan fingerprint density at radius 1 is 1.56 bits per heavy atom. The lowest BCUT2D eigenvalue weighted by Gasteiger charge is -2.09. The molecular formula is C12H11BrFNO2S. The van der Waals surface area contributed by atoms with Gasteiger partial charge in [-0.05, 0) is 33.6 Å². The topological polar surface area (TPSA) is 46.2 Å². The highest BCUT2D eigenvalue weighted by Crippen LogP contribution is 2.24. The Hall–Kier alpha value is -0.880. The molecule has 1 aromatic rings. The molecular weight excluding hydrogens is 321 g/mol. The fraction of sp³-hybridized carbons (Fsp3) is 0.333. The van der Waals surface area contributed by atoms with Crippen LogP contribution in [0.25, 0.3) is 0 Å². The number of Topliss-reactive ketones (excluding diaryl/α,β-unsaturated/α-hetero) is 1. The summed E-state index contributed by atoms with van der Waals surface area (Å²) in [6.45, 7) is 0.336. The lowest BCUT2D eigenvalue weighted by Crippen LogP contribution is -2.31. The van der Waals surface area contributed by atoms with Gasteiger partial charge in [0.1, 0.15) is 11.6 Å². The third kappa shape index (κ3) is 3.32. The van der Waals surface area contributed by atoms with Crippen LogP contribution in [0.1, 0.15) is 12.0 Å². The Labute approximate surface area is 117 Å². The molecule has 1 saturated heterocycles. The molecule has 96 valence electrons. The van der Waals surface area contributed by atoms with Crippen LogP contribution in [-0.4, -0.2) is 22.7 Å². The largest absolute Gasteiger partial charge is 0.351 e. The van der Waals surface area contributed by atoms with E-state index >= 15 is 0 Å². The quantitative estimate of drug-likeness (QED) is 0.924. The van der Waals surface area contributed by atoms with Gasteiger partial charge in [0.05, 0.1) is 15.5 Å². The maximum absolute atomic E-state index is 13.0. The molecule has 1 N–H and O–H groups in total. The molecule has 6 heteroatoms. The van der Waals surface area contributed by atoms with Crippen molar-refractivity contribution in [3.63, 3.8) is 0 Å². The fourth-order valence-electron chi connectivity index (χ4n) is 1.64. The van der Waals surface area contributed by atoms with E-state index in [2.05, 4.69) is 21.2 Å². The number of hydrogen-bond donors (Lipinski definition) is 1. The zero-order chi connectivity index (χ0) is 13.1. The van der Waals surface area contributed by atoms with Crippen molar-refractivity contribution in [2.24, 2.45) is 0 Å². The first kappa shape index (κ1) is 13.5. The summed E-state index contributed by atoms with van der Waals surface area (Å²) in [4.78, 5) is 22.8. The lowest BCUT2D eigenvalue weighted by molar-refractivity contribution is -0.123. The van der Waals surface area contributed by atoms with Crippen molar-refractivity contribution < 1.29 is 14.0 Å². The van der Waals surface area contributed by atoms with Gasteiger partial charge in [-0.1, -0.05) is 6.07 Å². The molecule has 0 spiro atoms. The van der Waals surface area contributed by atoms with E-state index in [0.717, 1.165) is 5.56 Å².